The molecule has 18 heavy (non-hydrogen) atoms. The van der Waals surface area contributed by atoms with Crippen LogP contribution in [0.5, 0.6) is 0 Å². The molecule has 0 radical (unpaired) electrons. The molecular formula is C14H20N2O2. The highest BCUT2D eigenvalue weighted by Crippen LogP contribution is 2.09. The van der Waals surface area contributed by atoms with Gasteiger partial charge in [0.15, 0.2) is 0 Å². The minimum absolute atomic E-state index is 0.113. The van der Waals surface area contributed by atoms with E-state index >= 15 is 0 Å². The second-order valence-electron chi connectivity index (χ2n) is 4.70. The van der Waals surface area contributed by atoms with Crippen LogP contribution in [0.1, 0.15) is 18.4 Å². The van der Waals surface area contributed by atoms with Crippen LogP contribution in [0.15, 0.2) is 30.3 Å². The normalized spacial score (nSPS) is 18.9. The average Bonchev–Trinajstić information content (AvgIpc) is 2.82. The smallest absolute Gasteiger partial charge is 0.409 e. The van der Waals surface area contributed by atoms with Crippen molar-refractivity contribution in [1.29, 1.82) is 0 Å². The fourth-order valence-electron chi connectivity index (χ4n) is 2.12. The van der Waals surface area contributed by atoms with Gasteiger partial charge in [0.25, 0.3) is 0 Å². The Bertz CT molecular complexity index is 381. The van der Waals surface area contributed by atoms with Crippen LogP contribution in [0.25, 0.3) is 0 Å². The number of aryl methyl sites for hydroxylation is 1. The second-order valence-corrected chi connectivity index (χ2v) is 4.70. The number of nitrogens with zero attached hydrogens (tertiary/aromatic N) is 1. The molecule has 2 N–H and O–H groups in total. The number of hydrogen-bond donors (Lipinski definition) is 1. The molecule has 1 aromatic rings. The molecule has 1 heterocycles. The number of carbonyl (C=O) groups is 1. The Labute approximate surface area is 108 Å². The maximum atomic E-state index is 11.7. The van der Waals surface area contributed by atoms with Crippen molar-refractivity contribution in [1.82, 2.24) is 4.90 Å². The van der Waals surface area contributed by atoms with Crippen molar-refractivity contribution in [2.45, 2.75) is 25.3 Å². The summed E-state index contributed by atoms with van der Waals surface area (Å²) >= 11 is 0. The summed E-state index contributed by atoms with van der Waals surface area (Å²) in [5.74, 6) is 0. The van der Waals surface area contributed by atoms with Gasteiger partial charge in [-0.1, -0.05) is 30.3 Å². The van der Waals surface area contributed by atoms with E-state index in [-0.39, 0.29) is 12.1 Å². The van der Waals surface area contributed by atoms with Crippen molar-refractivity contribution in [3.8, 4) is 0 Å². The summed E-state index contributed by atoms with van der Waals surface area (Å²) in [6.45, 7) is 1.82. The van der Waals surface area contributed by atoms with Crippen LogP contribution in [-0.4, -0.2) is 36.7 Å². The highest BCUT2D eigenvalue weighted by Gasteiger charge is 2.24. The van der Waals surface area contributed by atoms with E-state index in [4.69, 9.17) is 10.5 Å². The molecule has 1 atom stereocenters. The minimum Gasteiger partial charge on any atom is -0.449 e. The van der Waals surface area contributed by atoms with E-state index in [1.807, 2.05) is 18.2 Å². The second kappa shape index (κ2) is 6.40. The van der Waals surface area contributed by atoms with E-state index in [2.05, 4.69) is 12.1 Å². The van der Waals surface area contributed by atoms with Gasteiger partial charge in [-0.2, -0.15) is 0 Å². The summed E-state index contributed by atoms with van der Waals surface area (Å²) in [6.07, 6.45) is 2.44. The molecule has 4 heteroatoms. The van der Waals surface area contributed by atoms with E-state index in [1.54, 1.807) is 4.90 Å². The van der Waals surface area contributed by atoms with Gasteiger partial charge in [0, 0.05) is 19.1 Å². The van der Waals surface area contributed by atoms with Gasteiger partial charge in [-0.25, -0.2) is 4.79 Å². The lowest BCUT2D eigenvalue weighted by Crippen LogP contribution is -2.32. The van der Waals surface area contributed by atoms with Crippen LogP contribution in [0.4, 0.5) is 4.79 Å². The van der Waals surface area contributed by atoms with Gasteiger partial charge >= 0.3 is 6.09 Å². The van der Waals surface area contributed by atoms with Crippen LogP contribution < -0.4 is 5.73 Å². The molecule has 1 aliphatic heterocycles. The summed E-state index contributed by atoms with van der Waals surface area (Å²) in [6, 6.07) is 10.3. The lowest BCUT2D eigenvalue weighted by molar-refractivity contribution is 0.109. The monoisotopic (exact) mass is 248 g/mol. The number of carbonyl (C=O) groups excluding carboxylic acids is 1. The number of nitrogens with two attached hydrogens (primary N) is 1. The Kier molecular flexibility index (Phi) is 4.59. The van der Waals surface area contributed by atoms with Gasteiger partial charge in [-0.3, -0.25) is 0 Å². The third kappa shape index (κ3) is 3.74. The van der Waals surface area contributed by atoms with Gasteiger partial charge in [-0.05, 0) is 24.8 Å². The summed E-state index contributed by atoms with van der Waals surface area (Å²) in [7, 11) is 0. The highest BCUT2D eigenvalue weighted by atomic mass is 16.6. The topological polar surface area (TPSA) is 55.6 Å². The molecule has 0 aliphatic carbocycles. The molecule has 0 saturated carbocycles. The standard InChI is InChI=1S/C14H20N2O2/c15-13-8-9-16(11-13)14(17)18-10-4-7-12-5-2-1-3-6-12/h1-3,5-6,13H,4,7-11,15H2/t13-/m1/s1. The molecule has 0 aromatic heterocycles. The Hall–Kier alpha value is -1.55. The lowest BCUT2D eigenvalue weighted by atomic mass is 10.1. The summed E-state index contributed by atoms with van der Waals surface area (Å²) < 4.78 is 5.23. The van der Waals surface area contributed by atoms with E-state index in [1.165, 1.54) is 5.56 Å². The van der Waals surface area contributed by atoms with Crippen LogP contribution >= 0.6 is 0 Å². The van der Waals surface area contributed by atoms with Crippen molar-refractivity contribution in [3.05, 3.63) is 35.9 Å². The maximum Gasteiger partial charge on any atom is 0.409 e. The first-order chi connectivity index (χ1) is 8.75. The Balaban J connectivity index is 1.62. The fourth-order valence-corrected chi connectivity index (χ4v) is 2.12. The molecule has 1 amide bonds. The highest BCUT2D eigenvalue weighted by molar-refractivity contribution is 5.68. The summed E-state index contributed by atoms with van der Waals surface area (Å²) in [4.78, 5) is 13.3. The zero-order valence-electron chi connectivity index (χ0n) is 10.5. The Morgan fingerprint density at radius 3 is 2.83 bits per heavy atom. The minimum atomic E-state index is -0.226. The van der Waals surface area contributed by atoms with Gasteiger partial charge in [0.05, 0.1) is 6.61 Å². The SMILES string of the molecule is N[C@@H]1CCN(C(=O)OCCCc2ccccc2)C1. The Morgan fingerprint density at radius 2 is 2.17 bits per heavy atom. The number of amides is 1. The van der Waals surface area contributed by atoms with Crippen LogP contribution in [-0.2, 0) is 11.2 Å². The molecule has 0 spiro atoms. The molecule has 0 bridgehead atoms. The van der Waals surface area contributed by atoms with Crippen LogP contribution in [0.2, 0.25) is 0 Å². The summed E-state index contributed by atoms with van der Waals surface area (Å²) in [5.41, 5.74) is 7.02. The number of benzene rings is 1. The molecule has 4 nitrogen and oxygen atoms in total. The molecule has 98 valence electrons. The molecule has 1 aliphatic rings. The number of rotatable bonds is 4. The molecular weight excluding hydrogens is 228 g/mol. The molecule has 1 aromatic carbocycles. The number of ether oxygens (including phenoxy) is 1. The predicted octanol–water partition coefficient (Wildman–Crippen LogP) is 1.79. The van der Waals surface area contributed by atoms with E-state index in [9.17, 15) is 4.79 Å². The largest absolute Gasteiger partial charge is 0.449 e. The summed E-state index contributed by atoms with van der Waals surface area (Å²) in [5, 5.41) is 0. The van der Waals surface area contributed by atoms with Crippen molar-refractivity contribution in [2.24, 2.45) is 5.73 Å². The van der Waals surface area contributed by atoms with E-state index in [0.717, 1.165) is 25.8 Å². The van der Waals surface area contributed by atoms with Gasteiger partial charge < -0.3 is 15.4 Å². The van der Waals surface area contributed by atoms with E-state index < -0.39 is 0 Å². The van der Waals surface area contributed by atoms with Crippen molar-refractivity contribution >= 4 is 6.09 Å². The van der Waals surface area contributed by atoms with Crippen LogP contribution in [0, 0.1) is 0 Å². The molecule has 0 unspecified atom stereocenters. The third-order valence-electron chi connectivity index (χ3n) is 3.16. The molecule has 2 rings (SSSR count). The average molecular weight is 248 g/mol. The number of likely N-dealkylation sites (tertiary alicyclic amines) is 1. The predicted molar refractivity (Wildman–Crippen MR) is 70.3 cm³/mol. The van der Waals surface area contributed by atoms with Crippen molar-refractivity contribution < 1.29 is 9.53 Å². The van der Waals surface area contributed by atoms with Gasteiger partial charge in [0.2, 0.25) is 0 Å². The van der Waals surface area contributed by atoms with Crippen LogP contribution in [0.3, 0.4) is 0 Å². The van der Waals surface area contributed by atoms with E-state index in [0.29, 0.717) is 13.2 Å². The fraction of sp³-hybridized carbons (Fsp3) is 0.500. The first kappa shape index (κ1) is 12.9. The third-order valence-corrected chi connectivity index (χ3v) is 3.16. The quantitative estimate of drug-likeness (QED) is 0.826. The van der Waals surface area contributed by atoms with Gasteiger partial charge in [0.1, 0.15) is 0 Å². The number of hydrogen-bond acceptors (Lipinski definition) is 3. The van der Waals surface area contributed by atoms with Gasteiger partial charge in [-0.15, -0.1) is 0 Å². The molecule has 1 fully saturated rings. The van der Waals surface area contributed by atoms with Crippen molar-refractivity contribution in [3.63, 3.8) is 0 Å². The zero-order valence-corrected chi connectivity index (χ0v) is 10.5. The maximum absolute atomic E-state index is 11.7. The molecule has 1 saturated heterocycles. The lowest BCUT2D eigenvalue weighted by Gasteiger charge is -2.15. The zero-order chi connectivity index (χ0) is 12.8. The first-order valence-electron chi connectivity index (χ1n) is 6.47. The Morgan fingerprint density at radius 1 is 1.39 bits per heavy atom. The first-order valence-corrected chi connectivity index (χ1v) is 6.47. The van der Waals surface area contributed by atoms with Crippen molar-refractivity contribution in [2.75, 3.05) is 19.7 Å².